The molecular formula is C16H33N3O. The van der Waals surface area contributed by atoms with E-state index < -0.39 is 0 Å². The predicted molar refractivity (Wildman–Crippen MR) is 84.5 cm³/mol. The minimum absolute atomic E-state index is 0.204. The van der Waals surface area contributed by atoms with E-state index in [4.69, 9.17) is 5.73 Å². The van der Waals surface area contributed by atoms with Gasteiger partial charge in [0, 0.05) is 19.0 Å². The zero-order valence-corrected chi connectivity index (χ0v) is 13.5. The number of likely N-dealkylation sites (N-methyl/N-ethyl adjacent to an activating group) is 1. The van der Waals surface area contributed by atoms with E-state index >= 15 is 0 Å². The number of hydrogen-bond acceptors (Lipinski definition) is 3. The molecule has 1 fully saturated rings. The Morgan fingerprint density at radius 1 is 1.40 bits per heavy atom. The molecule has 0 spiro atoms. The molecule has 0 bridgehead atoms. The molecule has 0 saturated carbocycles. The van der Waals surface area contributed by atoms with Gasteiger partial charge in [-0.15, -0.1) is 0 Å². The highest BCUT2D eigenvalue weighted by Crippen LogP contribution is 2.20. The molecule has 2 atom stereocenters. The molecular weight excluding hydrogens is 250 g/mol. The number of rotatable bonds is 9. The number of nitrogens with one attached hydrogen (secondary N) is 1. The first-order valence-electron chi connectivity index (χ1n) is 8.29. The van der Waals surface area contributed by atoms with Gasteiger partial charge in [-0.2, -0.15) is 0 Å². The summed E-state index contributed by atoms with van der Waals surface area (Å²) >= 11 is 0. The molecule has 118 valence electrons. The number of nitrogens with zero attached hydrogens (tertiary/aromatic N) is 1. The summed E-state index contributed by atoms with van der Waals surface area (Å²) in [5, 5.41) is 3.11. The molecule has 1 aliphatic heterocycles. The van der Waals surface area contributed by atoms with Crippen LogP contribution in [0.4, 0.5) is 0 Å². The Morgan fingerprint density at radius 3 is 2.75 bits per heavy atom. The third-order valence-electron chi connectivity index (χ3n) is 4.66. The van der Waals surface area contributed by atoms with Crippen LogP contribution in [0.5, 0.6) is 0 Å². The standard InChI is InChI=1S/C16H33N3O/c1-4-19-11-5-6-15(19)12-18-16(20)8-7-14(9-10-17)13(2)3/h13-15H,4-12,17H2,1-3H3,(H,18,20). The summed E-state index contributed by atoms with van der Waals surface area (Å²) < 4.78 is 0. The second kappa shape index (κ2) is 9.35. The van der Waals surface area contributed by atoms with E-state index in [0.717, 1.165) is 32.5 Å². The van der Waals surface area contributed by atoms with E-state index in [9.17, 15) is 4.79 Å². The number of nitrogens with two attached hydrogens (primary N) is 1. The lowest BCUT2D eigenvalue weighted by Gasteiger charge is -2.23. The molecule has 3 N–H and O–H groups in total. The van der Waals surface area contributed by atoms with Crippen LogP contribution >= 0.6 is 0 Å². The predicted octanol–water partition coefficient (Wildman–Crippen LogP) is 1.99. The van der Waals surface area contributed by atoms with E-state index in [-0.39, 0.29) is 5.91 Å². The average Bonchev–Trinajstić information content (AvgIpc) is 2.88. The van der Waals surface area contributed by atoms with Gasteiger partial charge in [0.1, 0.15) is 0 Å². The van der Waals surface area contributed by atoms with Crippen molar-refractivity contribution in [3.8, 4) is 0 Å². The van der Waals surface area contributed by atoms with E-state index in [1.54, 1.807) is 0 Å². The van der Waals surface area contributed by atoms with Crippen LogP contribution in [0, 0.1) is 11.8 Å². The first kappa shape index (κ1) is 17.4. The molecule has 1 rings (SSSR count). The summed E-state index contributed by atoms with van der Waals surface area (Å²) in [5.41, 5.74) is 5.64. The monoisotopic (exact) mass is 283 g/mol. The van der Waals surface area contributed by atoms with Crippen molar-refractivity contribution in [3.63, 3.8) is 0 Å². The molecule has 0 aromatic heterocycles. The van der Waals surface area contributed by atoms with Crippen molar-refractivity contribution in [1.29, 1.82) is 0 Å². The van der Waals surface area contributed by atoms with Crippen LogP contribution in [0.15, 0.2) is 0 Å². The topological polar surface area (TPSA) is 58.4 Å². The van der Waals surface area contributed by atoms with Crippen molar-refractivity contribution in [2.45, 2.75) is 58.9 Å². The molecule has 1 amide bonds. The van der Waals surface area contributed by atoms with Gasteiger partial charge in [-0.25, -0.2) is 0 Å². The number of carbonyl (C=O) groups excluding carboxylic acids is 1. The third kappa shape index (κ3) is 5.80. The zero-order valence-electron chi connectivity index (χ0n) is 13.5. The largest absolute Gasteiger partial charge is 0.355 e. The normalized spacial score (nSPS) is 21.4. The molecule has 1 heterocycles. The van der Waals surface area contributed by atoms with Gasteiger partial charge in [0.15, 0.2) is 0 Å². The smallest absolute Gasteiger partial charge is 0.220 e. The summed E-state index contributed by atoms with van der Waals surface area (Å²) in [7, 11) is 0. The third-order valence-corrected chi connectivity index (χ3v) is 4.66. The lowest BCUT2D eigenvalue weighted by molar-refractivity contribution is -0.121. The van der Waals surface area contributed by atoms with Crippen LogP contribution in [-0.4, -0.2) is 43.0 Å². The van der Waals surface area contributed by atoms with Crippen LogP contribution in [0.3, 0.4) is 0 Å². The van der Waals surface area contributed by atoms with Crippen molar-refractivity contribution in [1.82, 2.24) is 10.2 Å². The maximum absolute atomic E-state index is 12.0. The van der Waals surface area contributed by atoms with Crippen molar-refractivity contribution >= 4 is 5.91 Å². The second-order valence-corrected chi connectivity index (χ2v) is 6.35. The molecule has 0 aromatic carbocycles. The molecule has 2 unspecified atom stereocenters. The Balaban J connectivity index is 2.22. The number of hydrogen-bond donors (Lipinski definition) is 2. The van der Waals surface area contributed by atoms with Gasteiger partial charge in [0.05, 0.1) is 0 Å². The Bertz CT molecular complexity index is 273. The highest BCUT2D eigenvalue weighted by atomic mass is 16.1. The lowest BCUT2D eigenvalue weighted by Crippen LogP contribution is -2.40. The summed E-state index contributed by atoms with van der Waals surface area (Å²) in [5.74, 6) is 1.39. The zero-order chi connectivity index (χ0) is 15.0. The fourth-order valence-electron chi connectivity index (χ4n) is 3.20. The maximum atomic E-state index is 12.0. The number of likely N-dealkylation sites (tertiary alicyclic amines) is 1. The van der Waals surface area contributed by atoms with E-state index in [0.29, 0.717) is 24.3 Å². The van der Waals surface area contributed by atoms with E-state index in [2.05, 4.69) is 31.0 Å². The minimum Gasteiger partial charge on any atom is -0.355 e. The van der Waals surface area contributed by atoms with Crippen LogP contribution in [-0.2, 0) is 4.79 Å². The van der Waals surface area contributed by atoms with Gasteiger partial charge in [0.2, 0.25) is 5.91 Å². The second-order valence-electron chi connectivity index (χ2n) is 6.35. The summed E-state index contributed by atoms with van der Waals surface area (Å²) in [4.78, 5) is 14.4. The molecule has 1 saturated heterocycles. The fourth-order valence-corrected chi connectivity index (χ4v) is 3.20. The Morgan fingerprint density at radius 2 is 2.15 bits per heavy atom. The van der Waals surface area contributed by atoms with Crippen molar-refractivity contribution in [2.75, 3.05) is 26.2 Å². The van der Waals surface area contributed by atoms with Crippen LogP contribution in [0.25, 0.3) is 0 Å². The van der Waals surface area contributed by atoms with Crippen molar-refractivity contribution in [2.24, 2.45) is 17.6 Å². The van der Waals surface area contributed by atoms with E-state index in [1.807, 2.05) is 0 Å². The molecule has 1 aliphatic rings. The molecule has 20 heavy (non-hydrogen) atoms. The summed E-state index contributed by atoms with van der Waals surface area (Å²) in [6.45, 7) is 10.4. The van der Waals surface area contributed by atoms with Crippen LogP contribution < -0.4 is 11.1 Å². The first-order chi connectivity index (χ1) is 9.58. The van der Waals surface area contributed by atoms with E-state index in [1.165, 1.54) is 19.4 Å². The van der Waals surface area contributed by atoms with Gasteiger partial charge in [-0.1, -0.05) is 20.8 Å². The fraction of sp³-hybridized carbons (Fsp3) is 0.938. The maximum Gasteiger partial charge on any atom is 0.220 e. The van der Waals surface area contributed by atoms with Gasteiger partial charge in [-0.05, 0) is 57.2 Å². The Kier molecular flexibility index (Phi) is 8.15. The van der Waals surface area contributed by atoms with Crippen LogP contribution in [0.1, 0.15) is 52.9 Å². The molecule has 0 radical (unpaired) electrons. The quantitative estimate of drug-likeness (QED) is 0.680. The molecule has 4 heteroatoms. The highest BCUT2D eigenvalue weighted by molar-refractivity contribution is 5.75. The average molecular weight is 283 g/mol. The Hall–Kier alpha value is -0.610. The summed E-state index contributed by atoms with van der Waals surface area (Å²) in [6.07, 6.45) is 5.11. The molecule has 0 aromatic rings. The van der Waals surface area contributed by atoms with Gasteiger partial charge in [-0.3, -0.25) is 9.69 Å². The number of amides is 1. The van der Waals surface area contributed by atoms with Gasteiger partial charge in [0.25, 0.3) is 0 Å². The highest BCUT2D eigenvalue weighted by Gasteiger charge is 2.23. The minimum atomic E-state index is 0.204. The van der Waals surface area contributed by atoms with Crippen molar-refractivity contribution < 1.29 is 4.79 Å². The SMILES string of the molecule is CCN1CCCC1CNC(=O)CCC(CCN)C(C)C. The Labute approximate surface area is 124 Å². The lowest BCUT2D eigenvalue weighted by atomic mass is 9.88. The molecule has 0 aliphatic carbocycles. The molecule has 4 nitrogen and oxygen atoms in total. The van der Waals surface area contributed by atoms with Gasteiger partial charge < -0.3 is 11.1 Å². The van der Waals surface area contributed by atoms with Crippen molar-refractivity contribution in [3.05, 3.63) is 0 Å². The first-order valence-corrected chi connectivity index (χ1v) is 8.29. The summed E-state index contributed by atoms with van der Waals surface area (Å²) in [6, 6.07) is 0.550. The van der Waals surface area contributed by atoms with Crippen LogP contribution in [0.2, 0.25) is 0 Å². The number of carbonyl (C=O) groups is 1. The van der Waals surface area contributed by atoms with Gasteiger partial charge >= 0.3 is 0 Å².